The number of carbonyl (C=O) groups is 2. The summed E-state index contributed by atoms with van der Waals surface area (Å²) in [7, 11) is 0. The third kappa shape index (κ3) is 3.62. The summed E-state index contributed by atoms with van der Waals surface area (Å²) in [6, 6.07) is 0.375. The highest BCUT2D eigenvalue weighted by molar-refractivity contribution is 6.00. The maximum atomic E-state index is 12.3. The van der Waals surface area contributed by atoms with Crippen LogP contribution in [-0.2, 0) is 11.0 Å². The van der Waals surface area contributed by atoms with Crippen molar-refractivity contribution >= 4 is 17.8 Å². The molecular weight excluding hydrogens is 307 g/mol. The molecule has 0 bridgehead atoms. The van der Waals surface area contributed by atoms with Crippen molar-refractivity contribution in [2.24, 2.45) is 0 Å². The summed E-state index contributed by atoms with van der Waals surface area (Å²) in [6.07, 6.45) is -2.23. The number of halogens is 3. The summed E-state index contributed by atoms with van der Waals surface area (Å²) in [6.45, 7) is 1.35. The van der Waals surface area contributed by atoms with E-state index >= 15 is 0 Å². The van der Waals surface area contributed by atoms with Crippen molar-refractivity contribution in [3.8, 4) is 0 Å². The van der Waals surface area contributed by atoms with Gasteiger partial charge in [0.1, 0.15) is 12.3 Å². The smallest absolute Gasteiger partial charge is 0.451 e. The minimum Gasteiger partial charge on any atom is -0.472 e. The normalized spacial score (nSPS) is 12.7. The third-order valence-corrected chi connectivity index (χ3v) is 2.51. The quantitative estimate of drug-likeness (QED) is 0.783. The van der Waals surface area contributed by atoms with E-state index in [0.717, 1.165) is 0 Å². The Labute approximate surface area is 121 Å². The van der Waals surface area contributed by atoms with E-state index in [2.05, 4.69) is 20.7 Å². The van der Waals surface area contributed by atoms with Crippen LogP contribution in [0.5, 0.6) is 0 Å². The number of amides is 2. The average molecular weight is 317 g/mol. The van der Waals surface area contributed by atoms with E-state index < -0.39 is 35.8 Å². The number of H-pyrrole nitrogens is 1. The van der Waals surface area contributed by atoms with Crippen molar-refractivity contribution < 1.29 is 27.2 Å². The summed E-state index contributed by atoms with van der Waals surface area (Å²) in [5.74, 6) is -3.22. The molecule has 0 fully saturated rings. The lowest BCUT2D eigenvalue weighted by molar-refractivity contribution is -0.144. The molecule has 8 nitrogen and oxygen atoms in total. The van der Waals surface area contributed by atoms with E-state index in [-0.39, 0.29) is 5.56 Å². The topological polar surface area (TPSA) is 113 Å². The summed E-state index contributed by atoms with van der Waals surface area (Å²) in [4.78, 5) is 26.5. The molecule has 0 saturated heterocycles. The molecular formula is C11H10F3N5O3. The first-order chi connectivity index (χ1) is 10.3. The minimum absolute atomic E-state index is 0.205. The van der Waals surface area contributed by atoms with Gasteiger partial charge < -0.3 is 9.73 Å². The van der Waals surface area contributed by atoms with Crippen molar-refractivity contribution in [1.29, 1.82) is 0 Å². The molecule has 2 rings (SSSR count). The van der Waals surface area contributed by atoms with Crippen LogP contribution in [0.15, 0.2) is 23.0 Å². The average Bonchev–Trinajstić information content (AvgIpc) is 3.08. The van der Waals surface area contributed by atoms with Crippen molar-refractivity contribution in [2.75, 3.05) is 5.32 Å². The summed E-state index contributed by atoms with van der Waals surface area (Å²) in [5, 5.41) is 9.27. The van der Waals surface area contributed by atoms with Gasteiger partial charge in [-0.1, -0.05) is 0 Å². The molecule has 0 saturated carbocycles. The summed E-state index contributed by atoms with van der Waals surface area (Å²) in [5.41, 5.74) is 0.205. The van der Waals surface area contributed by atoms with Gasteiger partial charge in [-0.25, -0.2) is 0 Å². The fraction of sp³-hybridized carbons (Fsp3) is 0.273. The van der Waals surface area contributed by atoms with Crippen molar-refractivity contribution in [3.63, 3.8) is 0 Å². The van der Waals surface area contributed by atoms with Crippen molar-refractivity contribution in [1.82, 2.24) is 20.5 Å². The van der Waals surface area contributed by atoms with E-state index in [1.54, 1.807) is 5.10 Å². The highest BCUT2D eigenvalue weighted by atomic mass is 19.4. The lowest BCUT2D eigenvalue weighted by Crippen LogP contribution is -2.41. The number of aromatic nitrogens is 3. The zero-order valence-electron chi connectivity index (χ0n) is 11.1. The number of nitrogens with one attached hydrogen (secondary N) is 3. The van der Waals surface area contributed by atoms with Gasteiger partial charge in [-0.2, -0.15) is 18.2 Å². The van der Waals surface area contributed by atoms with Crippen LogP contribution in [0.3, 0.4) is 0 Å². The molecule has 2 amide bonds. The predicted molar refractivity (Wildman–Crippen MR) is 65.7 cm³/mol. The molecule has 2 aromatic heterocycles. The number of carbonyl (C=O) groups excluding carboxylic acids is 2. The maximum Gasteiger partial charge on any atom is 0.451 e. The van der Waals surface area contributed by atoms with Gasteiger partial charge in [-0.3, -0.25) is 20.0 Å². The number of anilines is 1. The van der Waals surface area contributed by atoms with Crippen LogP contribution >= 0.6 is 0 Å². The third-order valence-electron chi connectivity index (χ3n) is 2.51. The summed E-state index contributed by atoms with van der Waals surface area (Å²) >= 11 is 0. The van der Waals surface area contributed by atoms with Gasteiger partial charge in [0.2, 0.25) is 17.7 Å². The Bertz CT molecular complexity index is 665. The molecule has 0 spiro atoms. The lowest BCUT2D eigenvalue weighted by atomic mass is 10.2. The minimum atomic E-state index is -4.70. The molecule has 22 heavy (non-hydrogen) atoms. The molecule has 1 atom stereocenters. The van der Waals surface area contributed by atoms with Gasteiger partial charge in [0.15, 0.2) is 0 Å². The first-order valence-corrected chi connectivity index (χ1v) is 5.91. The Hall–Kier alpha value is -2.85. The summed E-state index contributed by atoms with van der Waals surface area (Å²) < 4.78 is 41.7. The molecule has 0 aliphatic heterocycles. The van der Waals surface area contributed by atoms with Gasteiger partial charge in [0.05, 0.1) is 11.8 Å². The largest absolute Gasteiger partial charge is 0.472 e. The van der Waals surface area contributed by atoms with Crippen molar-refractivity contribution in [3.05, 3.63) is 30.0 Å². The number of rotatable bonds is 4. The number of hydrogen-bond donors (Lipinski definition) is 3. The molecule has 0 radical (unpaired) electrons. The number of nitrogens with zero attached hydrogens (tertiary/aromatic N) is 2. The zero-order chi connectivity index (χ0) is 16.3. The van der Waals surface area contributed by atoms with Crippen LogP contribution in [0.25, 0.3) is 0 Å². The maximum absolute atomic E-state index is 12.3. The molecule has 1 unspecified atom stereocenters. The zero-order valence-corrected chi connectivity index (χ0v) is 11.1. The Morgan fingerprint density at radius 3 is 2.68 bits per heavy atom. The van der Waals surface area contributed by atoms with Crippen LogP contribution in [0.2, 0.25) is 0 Å². The SMILES string of the molecule is CC(NC(=O)c1ccoc1)C(=O)Nc1n[nH]c(C(F)(F)F)n1. The fourth-order valence-corrected chi connectivity index (χ4v) is 1.40. The van der Waals surface area contributed by atoms with Crippen LogP contribution in [0.1, 0.15) is 23.1 Å². The van der Waals surface area contributed by atoms with Crippen molar-refractivity contribution in [2.45, 2.75) is 19.1 Å². The monoisotopic (exact) mass is 317 g/mol. The van der Waals surface area contributed by atoms with Gasteiger partial charge in [0.25, 0.3) is 5.91 Å². The Morgan fingerprint density at radius 1 is 1.41 bits per heavy atom. The first kappa shape index (κ1) is 15.5. The second kappa shape index (κ2) is 5.87. The standard InChI is InChI=1S/C11H10F3N5O3/c1-5(15-8(21)6-2-3-22-4-6)7(20)16-10-17-9(18-19-10)11(12,13)14/h2-5H,1H3,(H,15,21)(H2,16,17,18,19,20). The van der Waals surface area contributed by atoms with Gasteiger partial charge in [0, 0.05) is 0 Å². The molecule has 2 aromatic rings. The highest BCUT2D eigenvalue weighted by Gasteiger charge is 2.35. The fourth-order valence-electron chi connectivity index (χ4n) is 1.40. The lowest BCUT2D eigenvalue weighted by Gasteiger charge is -2.11. The van der Waals surface area contributed by atoms with E-state index in [1.165, 1.54) is 25.5 Å². The molecule has 0 aromatic carbocycles. The Morgan fingerprint density at radius 2 is 2.14 bits per heavy atom. The van der Waals surface area contributed by atoms with Gasteiger partial charge in [-0.05, 0) is 13.0 Å². The van der Waals surface area contributed by atoms with Gasteiger partial charge >= 0.3 is 6.18 Å². The molecule has 118 valence electrons. The second-order valence-electron chi connectivity index (χ2n) is 4.20. The Balaban J connectivity index is 1.94. The Kier molecular flexibility index (Phi) is 4.15. The molecule has 0 aliphatic rings. The second-order valence-corrected chi connectivity index (χ2v) is 4.20. The number of furan rings is 1. The van der Waals surface area contributed by atoms with Crippen LogP contribution in [-0.4, -0.2) is 33.0 Å². The van der Waals surface area contributed by atoms with Crippen LogP contribution in [0, 0.1) is 0 Å². The number of hydrogen-bond acceptors (Lipinski definition) is 5. The van der Waals surface area contributed by atoms with Crippen LogP contribution in [0.4, 0.5) is 19.1 Å². The molecule has 2 heterocycles. The van der Waals surface area contributed by atoms with E-state index in [4.69, 9.17) is 4.42 Å². The predicted octanol–water partition coefficient (Wildman–Crippen LogP) is 1.17. The van der Waals surface area contributed by atoms with E-state index in [0.29, 0.717) is 0 Å². The van der Waals surface area contributed by atoms with Crippen LogP contribution < -0.4 is 10.6 Å². The van der Waals surface area contributed by atoms with E-state index in [1.807, 2.05) is 0 Å². The van der Waals surface area contributed by atoms with E-state index in [9.17, 15) is 22.8 Å². The molecule has 11 heteroatoms. The molecule has 3 N–H and O–H groups in total. The molecule has 0 aliphatic carbocycles. The first-order valence-electron chi connectivity index (χ1n) is 5.91. The highest BCUT2D eigenvalue weighted by Crippen LogP contribution is 2.26. The van der Waals surface area contributed by atoms with Gasteiger partial charge in [-0.15, -0.1) is 5.10 Å². The number of aromatic amines is 1. The number of alkyl halides is 3.